The molecule has 0 radical (unpaired) electrons. The Bertz CT molecular complexity index is 197. The Balaban J connectivity index is 1.40. The van der Waals surface area contributed by atoms with Crippen LogP contribution in [-0.4, -0.2) is 25.5 Å². The average molecular weight is 196 g/mol. The van der Waals surface area contributed by atoms with Crippen LogP contribution in [-0.2, 0) is 4.79 Å². The fourth-order valence-electron chi connectivity index (χ4n) is 1.56. The van der Waals surface area contributed by atoms with Crippen molar-refractivity contribution in [2.75, 3.05) is 19.6 Å². The fourth-order valence-corrected chi connectivity index (χ4v) is 1.56. The highest BCUT2D eigenvalue weighted by Gasteiger charge is 2.22. The summed E-state index contributed by atoms with van der Waals surface area (Å²) in [7, 11) is 0. The monoisotopic (exact) mass is 196 g/mol. The maximum atomic E-state index is 11.3. The number of carbonyl (C=O) groups excluding carboxylic acids is 1. The van der Waals surface area contributed by atoms with Crippen molar-refractivity contribution in [2.24, 2.45) is 11.8 Å². The molecule has 0 aromatic heterocycles. The molecular formula is C11H20N2O. The molecule has 2 saturated carbocycles. The van der Waals surface area contributed by atoms with Gasteiger partial charge in [0.25, 0.3) is 0 Å². The van der Waals surface area contributed by atoms with Crippen LogP contribution in [0, 0.1) is 11.8 Å². The van der Waals surface area contributed by atoms with Crippen molar-refractivity contribution in [3.05, 3.63) is 0 Å². The highest BCUT2D eigenvalue weighted by Crippen LogP contribution is 2.31. The molecule has 2 rings (SSSR count). The first-order chi connectivity index (χ1) is 6.84. The van der Waals surface area contributed by atoms with Crippen molar-refractivity contribution in [3.63, 3.8) is 0 Å². The molecule has 0 unspecified atom stereocenters. The summed E-state index contributed by atoms with van der Waals surface area (Å²) in [6.07, 6.45) is 6.64. The SMILES string of the molecule is O=C(CNCCC1CC1)NCC1CC1. The van der Waals surface area contributed by atoms with Crippen molar-refractivity contribution < 1.29 is 4.79 Å². The molecular weight excluding hydrogens is 176 g/mol. The first-order valence-corrected chi connectivity index (χ1v) is 5.82. The van der Waals surface area contributed by atoms with Gasteiger partial charge in [-0.1, -0.05) is 12.8 Å². The predicted octanol–water partition coefficient (Wildman–Crippen LogP) is 0.902. The average Bonchev–Trinajstić information content (AvgIpc) is 3.02. The van der Waals surface area contributed by atoms with Crippen LogP contribution in [0.4, 0.5) is 0 Å². The van der Waals surface area contributed by atoms with E-state index in [0.717, 1.165) is 24.9 Å². The Morgan fingerprint density at radius 1 is 1.14 bits per heavy atom. The van der Waals surface area contributed by atoms with Crippen LogP contribution in [0.15, 0.2) is 0 Å². The zero-order valence-corrected chi connectivity index (χ0v) is 8.72. The molecule has 0 spiro atoms. The van der Waals surface area contributed by atoms with E-state index in [1.807, 2.05) is 0 Å². The van der Waals surface area contributed by atoms with Gasteiger partial charge in [-0.3, -0.25) is 4.79 Å². The van der Waals surface area contributed by atoms with Crippen LogP contribution in [0.25, 0.3) is 0 Å². The van der Waals surface area contributed by atoms with E-state index in [1.165, 1.54) is 32.1 Å². The summed E-state index contributed by atoms with van der Waals surface area (Å²) in [6, 6.07) is 0. The van der Waals surface area contributed by atoms with Gasteiger partial charge in [-0.25, -0.2) is 0 Å². The van der Waals surface area contributed by atoms with Gasteiger partial charge in [0.05, 0.1) is 6.54 Å². The maximum Gasteiger partial charge on any atom is 0.233 e. The first kappa shape index (κ1) is 9.97. The minimum Gasteiger partial charge on any atom is -0.355 e. The van der Waals surface area contributed by atoms with Crippen molar-refractivity contribution in [1.29, 1.82) is 0 Å². The Kier molecular flexibility index (Phi) is 3.40. The van der Waals surface area contributed by atoms with Gasteiger partial charge in [-0.15, -0.1) is 0 Å². The van der Waals surface area contributed by atoms with Gasteiger partial charge in [0, 0.05) is 6.54 Å². The fraction of sp³-hybridized carbons (Fsp3) is 0.909. The topological polar surface area (TPSA) is 41.1 Å². The lowest BCUT2D eigenvalue weighted by atomic mass is 10.3. The summed E-state index contributed by atoms with van der Waals surface area (Å²) >= 11 is 0. The van der Waals surface area contributed by atoms with E-state index in [0.29, 0.717) is 6.54 Å². The number of nitrogens with one attached hydrogen (secondary N) is 2. The molecule has 0 saturated heterocycles. The van der Waals surface area contributed by atoms with Gasteiger partial charge in [-0.05, 0) is 37.6 Å². The number of amides is 1. The Morgan fingerprint density at radius 3 is 2.50 bits per heavy atom. The first-order valence-electron chi connectivity index (χ1n) is 5.82. The Labute approximate surface area is 85.6 Å². The molecule has 0 aromatic carbocycles. The summed E-state index contributed by atoms with van der Waals surface area (Å²) in [6.45, 7) is 2.39. The van der Waals surface area contributed by atoms with Crippen LogP contribution in [0.1, 0.15) is 32.1 Å². The number of carbonyl (C=O) groups is 1. The molecule has 14 heavy (non-hydrogen) atoms. The Hall–Kier alpha value is -0.570. The molecule has 3 nitrogen and oxygen atoms in total. The molecule has 2 fully saturated rings. The van der Waals surface area contributed by atoms with E-state index in [4.69, 9.17) is 0 Å². The molecule has 2 aliphatic carbocycles. The van der Waals surface area contributed by atoms with Gasteiger partial charge < -0.3 is 10.6 Å². The third-order valence-corrected chi connectivity index (χ3v) is 3.00. The van der Waals surface area contributed by atoms with E-state index in [9.17, 15) is 4.79 Å². The van der Waals surface area contributed by atoms with Gasteiger partial charge in [0.2, 0.25) is 5.91 Å². The standard InChI is InChI=1S/C11H20N2O/c14-11(13-7-10-3-4-10)8-12-6-5-9-1-2-9/h9-10,12H,1-8H2,(H,13,14). The van der Waals surface area contributed by atoms with Crippen molar-refractivity contribution >= 4 is 5.91 Å². The van der Waals surface area contributed by atoms with E-state index in [1.54, 1.807) is 0 Å². The molecule has 0 heterocycles. The van der Waals surface area contributed by atoms with E-state index in [-0.39, 0.29) is 5.91 Å². The third kappa shape index (κ3) is 4.09. The predicted molar refractivity (Wildman–Crippen MR) is 55.9 cm³/mol. The minimum absolute atomic E-state index is 0.160. The molecule has 0 bridgehead atoms. The summed E-state index contributed by atoms with van der Waals surface area (Å²) in [5.74, 6) is 1.90. The van der Waals surface area contributed by atoms with E-state index < -0.39 is 0 Å². The number of hydrogen-bond acceptors (Lipinski definition) is 2. The molecule has 2 aliphatic rings. The van der Waals surface area contributed by atoms with Crippen LogP contribution < -0.4 is 10.6 Å². The third-order valence-electron chi connectivity index (χ3n) is 3.00. The summed E-state index contributed by atoms with van der Waals surface area (Å²) in [4.78, 5) is 11.3. The highest BCUT2D eigenvalue weighted by molar-refractivity contribution is 5.77. The molecule has 80 valence electrons. The number of hydrogen-bond donors (Lipinski definition) is 2. The maximum absolute atomic E-state index is 11.3. The quantitative estimate of drug-likeness (QED) is 0.594. The summed E-state index contributed by atoms with van der Waals surface area (Å²) in [5.41, 5.74) is 0. The smallest absolute Gasteiger partial charge is 0.233 e. The second-order valence-corrected chi connectivity index (χ2v) is 4.66. The van der Waals surface area contributed by atoms with Crippen molar-refractivity contribution in [2.45, 2.75) is 32.1 Å². The summed E-state index contributed by atoms with van der Waals surface area (Å²) in [5, 5.41) is 6.14. The van der Waals surface area contributed by atoms with Crippen LogP contribution in [0.5, 0.6) is 0 Å². The lowest BCUT2D eigenvalue weighted by Gasteiger charge is -2.05. The van der Waals surface area contributed by atoms with Gasteiger partial charge in [-0.2, -0.15) is 0 Å². The van der Waals surface area contributed by atoms with Gasteiger partial charge in [0.15, 0.2) is 0 Å². The summed E-state index contributed by atoms with van der Waals surface area (Å²) < 4.78 is 0. The van der Waals surface area contributed by atoms with Gasteiger partial charge >= 0.3 is 0 Å². The van der Waals surface area contributed by atoms with E-state index >= 15 is 0 Å². The van der Waals surface area contributed by atoms with Crippen LogP contribution >= 0.6 is 0 Å². The lowest BCUT2D eigenvalue weighted by Crippen LogP contribution is -2.35. The second kappa shape index (κ2) is 4.78. The molecule has 1 amide bonds. The lowest BCUT2D eigenvalue weighted by molar-refractivity contribution is -0.120. The largest absolute Gasteiger partial charge is 0.355 e. The highest BCUT2D eigenvalue weighted by atomic mass is 16.1. The van der Waals surface area contributed by atoms with Crippen molar-refractivity contribution in [3.8, 4) is 0 Å². The molecule has 0 aliphatic heterocycles. The molecule has 0 aromatic rings. The van der Waals surface area contributed by atoms with Crippen molar-refractivity contribution in [1.82, 2.24) is 10.6 Å². The van der Waals surface area contributed by atoms with E-state index in [2.05, 4.69) is 10.6 Å². The zero-order valence-electron chi connectivity index (χ0n) is 8.72. The minimum atomic E-state index is 0.160. The zero-order chi connectivity index (χ0) is 9.80. The second-order valence-electron chi connectivity index (χ2n) is 4.66. The molecule has 0 atom stereocenters. The molecule has 3 heteroatoms. The van der Waals surface area contributed by atoms with Crippen LogP contribution in [0.2, 0.25) is 0 Å². The van der Waals surface area contributed by atoms with Crippen LogP contribution in [0.3, 0.4) is 0 Å². The van der Waals surface area contributed by atoms with Gasteiger partial charge in [0.1, 0.15) is 0 Å². The molecule has 2 N–H and O–H groups in total. The normalized spacial score (nSPS) is 20.9. The Morgan fingerprint density at radius 2 is 1.86 bits per heavy atom. The number of rotatable bonds is 7.